The lowest BCUT2D eigenvalue weighted by Gasteiger charge is -2.18. The van der Waals surface area contributed by atoms with Crippen molar-refractivity contribution in [2.75, 3.05) is 12.4 Å². The normalized spacial score (nSPS) is 11.8. The Labute approximate surface area is 130 Å². The highest BCUT2D eigenvalue weighted by Gasteiger charge is 2.10. The molecule has 0 fully saturated rings. The van der Waals surface area contributed by atoms with E-state index in [1.54, 1.807) is 7.05 Å². The Bertz CT molecular complexity index is 628. The molecular formula is C17H19ClN2O. The molecule has 0 heterocycles. The van der Waals surface area contributed by atoms with E-state index in [4.69, 9.17) is 11.6 Å². The molecule has 0 aliphatic heterocycles. The van der Waals surface area contributed by atoms with Gasteiger partial charge in [-0.25, -0.2) is 0 Å². The van der Waals surface area contributed by atoms with Gasteiger partial charge in [0.05, 0.1) is 6.42 Å². The lowest BCUT2D eigenvalue weighted by Crippen LogP contribution is -2.20. The van der Waals surface area contributed by atoms with Crippen LogP contribution in [0.25, 0.3) is 0 Å². The number of rotatable bonds is 5. The topological polar surface area (TPSA) is 41.1 Å². The highest BCUT2D eigenvalue weighted by Crippen LogP contribution is 2.24. The third-order valence-corrected chi connectivity index (χ3v) is 3.60. The summed E-state index contributed by atoms with van der Waals surface area (Å²) < 4.78 is 0. The van der Waals surface area contributed by atoms with Crippen molar-refractivity contribution in [3.05, 3.63) is 64.7 Å². The number of para-hydroxylation sites is 1. The Morgan fingerprint density at radius 3 is 2.67 bits per heavy atom. The molecule has 2 aromatic rings. The fourth-order valence-corrected chi connectivity index (χ4v) is 2.37. The van der Waals surface area contributed by atoms with Crippen LogP contribution in [0.15, 0.2) is 48.5 Å². The van der Waals surface area contributed by atoms with Gasteiger partial charge < -0.3 is 10.6 Å². The Morgan fingerprint density at radius 2 is 1.95 bits per heavy atom. The van der Waals surface area contributed by atoms with Gasteiger partial charge in [-0.3, -0.25) is 4.79 Å². The molecule has 0 aliphatic carbocycles. The molecule has 0 spiro atoms. The van der Waals surface area contributed by atoms with Crippen LogP contribution in [-0.4, -0.2) is 13.0 Å². The van der Waals surface area contributed by atoms with Gasteiger partial charge >= 0.3 is 0 Å². The molecule has 3 nitrogen and oxygen atoms in total. The Balaban J connectivity index is 2.17. The van der Waals surface area contributed by atoms with Crippen molar-refractivity contribution in [3.63, 3.8) is 0 Å². The molecule has 0 radical (unpaired) electrons. The summed E-state index contributed by atoms with van der Waals surface area (Å²) in [4.78, 5) is 11.6. The van der Waals surface area contributed by atoms with Crippen molar-refractivity contribution < 1.29 is 4.79 Å². The number of carbonyl (C=O) groups excluding carboxylic acids is 1. The van der Waals surface area contributed by atoms with Crippen LogP contribution in [0.4, 0.5) is 5.69 Å². The quantitative estimate of drug-likeness (QED) is 0.882. The Hall–Kier alpha value is -2.00. The minimum absolute atomic E-state index is 0.000316. The number of anilines is 1. The number of amides is 1. The van der Waals surface area contributed by atoms with Crippen molar-refractivity contribution in [3.8, 4) is 0 Å². The summed E-state index contributed by atoms with van der Waals surface area (Å²) in [5, 5.41) is 6.82. The number of carbonyl (C=O) groups is 1. The Morgan fingerprint density at radius 1 is 1.19 bits per heavy atom. The van der Waals surface area contributed by atoms with E-state index in [0.29, 0.717) is 6.42 Å². The number of benzene rings is 2. The molecule has 110 valence electrons. The molecule has 21 heavy (non-hydrogen) atoms. The van der Waals surface area contributed by atoms with Crippen LogP contribution in [0.1, 0.15) is 24.1 Å². The summed E-state index contributed by atoms with van der Waals surface area (Å²) in [5.41, 5.74) is 3.05. The summed E-state index contributed by atoms with van der Waals surface area (Å²) in [6, 6.07) is 15.7. The first-order valence-electron chi connectivity index (χ1n) is 6.90. The number of nitrogens with one attached hydrogen (secondary N) is 2. The third kappa shape index (κ3) is 4.23. The van der Waals surface area contributed by atoms with Gasteiger partial charge in [0.25, 0.3) is 0 Å². The second-order valence-corrected chi connectivity index (χ2v) is 5.36. The second-order valence-electron chi connectivity index (χ2n) is 4.93. The first kappa shape index (κ1) is 15.4. The molecule has 2 aromatic carbocycles. The summed E-state index contributed by atoms with van der Waals surface area (Å²) in [7, 11) is 1.65. The molecule has 0 bridgehead atoms. The zero-order valence-electron chi connectivity index (χ0n) is 12.2. The maximum absolute atomic E-state index is 11.6. The average Bonchev–Trinajstić information content (AvgIpc) is 2.49. The van der Waals surface area contributed by atoms with Crippen LogP contribution in [0.5, 0.6) is 0 Å². The van der Waals surface area contributed by atoms with Crippen molar-refractivity contribution in [2.24, 2.45) is 0 Å². The summed E-state index contributed by atoms with van der Waals surface area (Å²) in [5.74, 6) is -0.000316. The molecule has 1 atom stereocenters. The van der Waals surface area contributed by atoms with Crippen molar-refractivity contribution in [1.29, 1.82) is 0 Å². The summed E-state index contributed by atoms with van der Waals surface area (Å²) >= 11 is 6.03. The van der Waals surface area contributed by atoms with Crippen LogP contribution in [0.2, 0.25) is 5.02 Å². The summed E-state index contributed by atoms with van der Waals surface area (Å²) in [6.45, 7) is 2.07. The molecule has 0 aromatic heterocycles. The zero-order valence-corrected chi connectivity index (χ0v) is 12.9. The lowest BCUT2D eigenvalue weighted by molar-refractivity contribution is -0.119. The standard InChI is InChI=1S/C17H19ClN2O/c1-12(13-7-5-8-15(18)10-13)20-16-9-4-3-6-14(16)11-17(21)19-2/h3-10,12,20H,11H2,1-2H3,(H,19,21). The van der Waals surface area contributed by atoms with Gasteiger partial charge in [-0.05, 0) is 36.2 Å². The molecule has 1 unspecified atom stereocenters. The van der Waals surface area contributed by atoms with Gasteiger partial charge in [0.15, 0.2) is 0 Å². The fraction of sp³-hybridized carbons (Fsp3) is 0.235. The minimum atomic E-state index is -0.000316. The molecular weight excluding hydrogens is 284 g/mol. The molecule has 0 saturated carbocycles. The first-order chi connectivity index (χ1) is 10.1. The van der Waals surface area contributed by atoms with E-state index in [1.165, 1.54) is 0 Å². The van der Waals surface area contributed by atoms with Crippen LogP contribution in [0.3, 0.4) is 0 Å². The van der Waals surface area contributed by atoms with E-state index in [0.717, 1.165) is 21.8 Å². The Kier molecular flexibility index (Phi) is 5.23. The second kappa shape index (κ2) is 7.14. The molecule has 2 N–H and O–H groups in total. The lowest BCUT2D eigenvalue weighted by atomic mass is 10.1. The van der Waals surface area contributed by atoms with Gasteiger partial charge in [-0.15, -0.1) is 0 Å². The van der Waals surface area contributed by atoms with Gasteiger partial charge in [-0.2, -0.15) is 0 Å². The largest absolute Gasteiger partial charge is 0.378 e. The number of hydrogen-bond donors (Lipinski definition) is 2. The van der Waals surface area contributed by atoms with E-state index in [1.807, 2.05) is 48.5 Å². The van der Waals surface area contributed by atoms with E-state index in [-0.39, 0.29) is 11.9 Å². The predicted octanol–water partition coefficient (Wildman–Crippen LogP) is 3.80. The van der Waals surface area contributed by atoms with Gasteiger partial charge in [0.1, 0.15) is 0 Å². The molecule has 4 heteroatoms. The highest BCUT2D eigenvalue weighted by molar-refractivity contribution is 6.30. The number of halogens is 1. The minimum Gasteiger partial charge on any atom is -0.378 e. The van der Waals surface area contributed by atoms with Crippen LogP contribution in [0, 0.1) is 0 Å². The molecule has 1 amide bonds. The van der Waals surface area contributed by atoms with E-state index in [2.05, 4.69) is 17.6 Å². The zero-order chi connectivity index (χ0) is 15.2. The van der Waals surface area contributed by atoms with Crippen LogP contribution >= 0.6 is 11.6 Å². The maximum atomic E-state index is 11.6. The van der Waals surface area contributed by atoms with Gasteiger partial charge in [-0.1, -0.05) is 41.9 Å². The first-order valence-corrected chi connectivity index (χ1v) is 7.28. The maximum Gasteiger partial charge on any atom is 0.224 e. The smallest absolute Gasteiger partial charge is 0.224 e. The summed E-state index contributed by atoms with van der Waals surface area (Å²) in [6.07, 6.45) is 0.363. The van der Waals surface area contributed by atoms with Crippen molar-refractivity contribution in [2.45, 2.75) is 19.4 Å². The van der Waals surface area contributed by atoms with E-state index < -0.39 is 0 Å². The SMILES string of the molecule is CNC(=O)Cc1ccccc1NC(C)c1cccc(Cl)c1. The monoisotopic (exact) mass is 302 g/mol. The number of likely N-dealkylation sites (N-methyl/N-ethyl adjacent to an activating group) is 1. The highest BCUT2D eigenvalue weighted by atomic mass is 35.5. The molecule has 2 rings (SSSR count). The number of hydrogen-bond acceptors (Lipinski definition) is 2. The van der Waals surface area contributed by atoms with Crippen LogP contribution < -0.4 is 10.6 Å². The molecule has 0 saturated heterocycles. The van der Waals surface area contributed by atoms with Gasteiger partial charge in [0.2, 0.25) is 5.91 Å². The third-order valence-electron chi connectivity index (χ3n) is 3.37. The predicted molar refractivity (Wildman–Crippen MR) is 87.7 cm³/mol. The van der Waals surface area contributed by atoms with Gasteiger partial charge in [0, 0.05) is 23.8 Å². The van der Waals surface area contributed by atoms with E-state index >= 15 is 0 Å². The average molecular weight is 303 g/mol. The van der Waals surface area contributed by atoms with Crippen molar-refractivity contribution in [1.82, 2.24) is 5.32 Å². The van der Waals surface area contributed by atoms with Crippen molar-refractivity contribution >= 4 is 23.2 Å². The van der Waals surface area contributed by atoms with Crippen LogP contribution in [-0.2, 0) is 11.2 Å². The molecule has 0 aliphatic rings. The van der Waals surface area contributed by atoms with E-state index in [9.17, 15) is 4.79 Å². The fourth-order valence-electron chi connectivity index (χ4n) is 2.17.